The second-order valence-corrected chi connectivity index (χ2v) is 10.6. The van der Waals surface area contributed by atoms with E-state index in [1.807, 2.05) is 24.3 Å². The average molecular weight is 505 g/mol. The first kappa shape index (κ1) is 25.1. The standard InChI is InChI=1S/C32H28N2O4/c1-31(2,23-9-13-25(14-10-23)33-27(35)17-18-28(33)36)21-5-7-22(8-6-21)32(3,4)24-11-15-26(16-12-24)34-29(37)19-20-30(34)38/h5-20H,1-4H3. The lowest BCUT2D eigenvalue weighted by atomic mass is 9.74. The zero-order chi connectivity index (χ0) is 27.2. The maximum Gasteiger partial charge on any atom is 0.258 e. The number of hydrogen-bond donors (Lipinski definition) is 0. The van der Waals surface area contributed by atoms with Gasteiger partial charge in [0.15, 0.2) is 0 Å². The number of carbonyl (C=O) groups is 4. The highest BCUT2D eigenvalue weighted by molar-refractivity contribution is 6.28. The maximum absolute atomic E-state index is 12.0. The molecule has 0 aliphatic carbocycles. The van der Waals surface area contributed by atoms with Crippen molar-refractivity contribution in [1.82, 2.24) is 0 Å². The topological polar surface area (TPSA) is 74.8 Å². The summed E-state index contributed by atoms with van der Waals surface area (Å²) in [7, 11) is 0. The van der Waals surface area contributed by atoms with Gasteiger partial charge in [0, 0.05) is 35.1 Å². The Balaban J connectivity index is 1.35. The van der Waals surface area contributed by atoms with Gasteiger partial charge >= 0.3 is 0 Å². The van der Waals surface area contributed by atoms with Crippen molar-refractivity contribution in [2.75, 3.05) is 9.80 Å². The van der Waals surface area contributed by atoms with Crippen LogP contribution < -0.4 is 9.80 Å². The first-order chi connectivity index (χ1) is 18.0. The van der Waals surface area contributed by atoms with Crippen molar-refractivity contribution >= 4 is 35.0 Å². The molecule has 6 nitrogen and oxygen atoms in total. The molecule has 0 aromatic heterocycles. The summed E-state index contributed by atoms with van der Waals surface area (Å²) in [5.74, 6) is -1.32. The van der Waals surface area contributed by atoms with Gasteiger partial charge in [-0.15, -0.1) is 0 Å². The molecule has 2 aliphatic rings. The summed E-state index contributed by atoms with van der Waals surface area (Å²) < 4.78 is 0. The van der Waals surface area contributed by atoms with Gasteiger partial charge in [-0.2, -0.15) is 0 Å². The molecule has 0 spiro atoms. The predicted molar refractivity (Wildman–Crippen MR) is 147 cm³/mol. The van der Waals surface area contributed by atoms with E-state index in [1.165, 1.54) is 24.3 Å². The Morgan fingerprint density at radius 3 is 0.842 bits per heavy atom. The van der Waals surface area contributed by atoms with Crippen molar-refractivity contribution in [3.8, 4) is 0 Å². The summed E-state index contributed by atoms with van der Waals surface area (Å²) in [4.78, 5) is 50.3. The van der Waals surface area contributed by atoms with Gasteiger partial charge in [-0.05, 0) is 46.5 Å². The predicted octanol–water partition coefficient (Wildman–Crippen LogP) is 5.20. The minimum absolute atomic E-state index is 0.303. The summed E-state index contributed by atoms with van der Waals surface area (Å²) in [6, 6.07) is 23.6. The van der Waals surface area contributed by atoms with Crippen LogP contribution in [0, 0.1) is 0 Å². The molecule has 0 atom stereocenters. The van der Waals surface area contributed by atoms with Crippen LogP contribution in [0.25, 0.3) is 0 Å². The molecule has 0 saturated heterocycles. The molecule has 38 heavy (non-hydrogen) atoms. The maximum atomic E-state index is 12.0. The first-order valence-corrected chi connectivity index (χ1v) is 12.4. The molecule has 0 bridgehead atoms. The lowest BCUT2D eigenvalue weighted by molar-refractivity contribution is -0.121. The Morgan fingerprint density at radius 2 is 0.605 bits per heavy atom. The Kier molecular flexibility index (Phi) is 5.98. The number of imide groups is 2. The Hall–Kier alpha value is -4.58. The number of carbonyl (C=O) groups excluding carboxylic acids is 4. The Morgan fingerprint density at radius 1 is 0.395 bits per heavy atom. The monoisotopic (exact) mass is 504 g/mol. The molecule has 0 saturated carbocycles. The number of anilines is 2. The Bertz CT molecular complexity index is 1360. The van der Waals surface area contributed by atoms with Crippen LogP contribution in [0.15, 0.2) is 97.1 Å². The number of benzene rings is 3. The minimum atomic E-state index is -0.329. The second-order valence-electron chi connectivity index (χ2n) is 10.6. The van der Waals surface area contributed by atoms with Gasteiger partial charge < -0.3 is 0 Å². The van der Waals surface area contributed by atoms with Crippen LogP contribution in [-0.2, 0) is 30.0 Å². The van der Waals surface area contributed by atoms with Gasteiger partial charge in [-0.3, -0.25) is 19.2 Å². The summed E-state index contributed by atoms with van der Waals surface area (Å²) in [5.41, 5.74) is 4.91. The molecular formula is C32H28N2O4. The van der Waals surface area contributed by atoms with Gasteiger partial charge in [-0.25, -0.2) is 9.80 Å². The molecule has 0 radical (unpaired) electrons. The van der Waals surface area contributed by atoms with Crippen LogP contribution in [0.3, 0.4) is 0 Å². The molecule has 5 rings (SSSR count). The van der Waals surface area contributed by atoms with E-state index in [4.69, 9.17) is 0 Å². The number of rotatable bonds is 6. The van der Waals surface area contributed by atoms with E-state index in [9.17, 15) is 19.2 Å². The lowest BCUT2D eigenvalue weighted by Crippen LogP contribution is -2.29. The highest BCUT2D eigenvalue weighted by Crippen LogP contribution is 2.37. The average Bonchev–Trinajstić information content (AvgIpc) is 3.43. The third kappa shape index (κ3) is 4.18. The minimum Gasteiger partial charge on any atom is -0.269 e. The third-order valence-corrected chi connectivity index (χ3v) is 7.64. The lowest BCUT2D eigenvalue weighted by Gasteiger charge is -2.30. The van der Waals surface area contributed by atoms with Gasteiger partial charge in [0.1, 0.15) is 0 Å². The third-order valence-electron chi connectivity index (χ3n) is 7.64. The van der Waals surface area contributed by atoms with Crippen LogP contribution >= 0.6 is 0 Å². The van der Waals surface area contributed by atoms with Gasteiger partial charge in [-0.1, -0.05) is 76.2 Å². The number of amides is 4. The quantitative estimate of drug-likeness (QED) is 0.433. The SMILES string of the molecule is CC(C)(c1ccc(N2C(=O)C=CC2=O)cc1)c1ccc(C(C)(C)c2ccc(N3C(=O)C=CC3=O)cc2)cc1. The largest absolute Gasteiger partial charge is 0.269 e. The van der Waals surface area contributed by atoms with Crippen molar-refractivity contribution in [3.05, 3.63) is 119 Å². The Labute approximate surface area is 221 Å². The molecule has 3 aromatic rings. The molecule has 0 N–H and O–H groups in total. The fourth-order valence-electron chi connectivity index (χ4n) is 5.00. The van der Waals surface area contributed by atoms with E-state index >= 15 is 0 Å². The normalized spacial score (nSPS) is 15.8. The number of hydrogen-bond acceptors (Lipinski definition) is 4. The molecule has 0 unspecified atom stereocenters. The van der Waals surface area contributed by atoms with Crippen molar-refractivity contribution in [1.29, 1.82) is 0 Å². The molecular weight excluding hydrogens is 476 g/mol. The van der Waals surface area contributed by atoms with Crippen LogP contribution in [-0.4, -0.2) is 23.6 Å². The zero-order valence-corrected chi connectivity index (χ0v) is 21.8. The van der Waals surface area contributed by atoms with E-state index in [2.05, 4.69) is 52.0 Å². The fourth-order valence-corrected chi connectivity index (χ4v) is 5.00. The molecule has 190 valence electrons. The fraction of sp³-hybridized carbons (Fsp3) is 0.188. The van der Waals surface area contributed by atoms with E-state index in [0.717, 1.165) is 32.1 Å². The smallest absolute Gasteiger partial charge is 0.258 e. The van der Waals surface area contributed by atoms with E-state index in [0.29, 0.717) is 11.4 Å². The molecule has 4 amide bonds. The molecule has 3 aromatic carbocycles. The highest BCUT2D eigenvalue weighted by Gasteiger charge is 2.29. The summed E-state index contributed by atoms with van der Waals surface area (Å²) in [6.07, 6.45) is 5.13. The van der Waals surface area contributed by atoms with Crippen LogP contribution in [0.5, 0.6) is 0 Å². The first-order valence-electron chi connectivity index (χ1n) is 12.4. The molecule has 6 heteroatoms. The van der Waals surface area contributed by atoms with Crippen LogP contribution in [0.1, 0.15) is 49.9 Å². The number of nitrogens with zero attached hydrogens (tertiary/aromatic N) is 2. The molecule has 2 heterocycles. The van der Waals surface area contributed by atoms with Gasteiger partial charge in [0.2, 0.25) is 0 Å². The van der Waals surface area contributed by atoms with Gasteiger partial charge in [0.25, 0.3) is 23.6 Å². The van der Waals surface area contributed by atoms with Crippen molar-refractivity contribution in [3.63, 3.8) is 0 Å². The molecule has 0 fully saturated rings. The summed E-state index contributed by atoms with van der Waals surface area (Å²) in [6.45, 7) is 8.57. The van der Waals surface area contributed by atoms with Crippen LogP contribution in [0.4, 0.5) is 11.4 Å². The molecule has 2 aliphatic heterocycles. The van der Waals surface area contributed by atoms with Crippen molar-refractivity contribution in [2.24, 2.45) is 0 Å². The summed E-state index contributed by atoms with van der Waals surface area (Å²) in [5, 5.41) is 0. The zero-order valence-electron chi connectivity index (χ0n) is 21.8. The summed E-state index contributed by atoms with van der Waals surface area (Å²) >= 11 is 0. The van der Waals surface area contributed by atoms with Gasteiger partial charge in [0.05, 0.1) is 11.4 Å². The van der Waals surface area contributed by atoms with Crippen molar-refractivity contribution < 1.29 is 19.2 Å². The van der Waals surface area contributed by atoms with Crippen molar-refractivity contribution in [2.45, 2.75) is 38.5 Å². The second kappa shape index (κ2) is 9.06. The van der Waals surface area contributed by atoms with E-state index in [-0.39, 0.29) is 34.5 Å². The van der Waals surface area contributed by atoms with E-state index in [1.54, 1.807) is 24.3 Å². The highest BCUT2D eigenvalue weighted by atomic mass is 16.2. The van der Waals surface area contributed by atoms with Crippen LogP contribution in [0.2, 0.25) is 0 Å². The van der Waals surface area contributed by atoms with E-state index < -0.39 is 0 Å².